The van der Waals surface area contributed by atoms with E-state index in [-0.39, 0.29) is 25.1 Å². The van der Waals surface area contributed by atoms with Gasteiger partial charge in [-0.25, -0.2) is 9.18 Å². The first-order valence-electron chi connectivity index (χ1n) is 8.22. The maximum absolute atomic E-state index is 13.0. The summed E-state index contributed by atoms with van der Waals surface area (Å²) in [5.41, 5.74) is 0.487. The van der Waals surface area contributed by atoms with Crippen molar-refractivity contribution in [1.29, 1.82) is 0 Å². The fourth-order valence-corrected chi connectivity index (χ4v) is 3.24. The van der Waals surface area contributed by atoms with Crippen LogP contribution in [0.3, 0.4) is 0 Å². The minimum atomic E-state index is -1.05. The third-order valence-electron chi connectivity index (χ3n) is 4.59. The molecule has 1 fully saturated rings. The number of urea groups is 1. The van der Waals surface area contributed by atoms with Crippen LogP contribution in [0, 0.1) is 5.82 Å². The molecule has 1 unspecified atom stereocenters. The van der Waals surface area contributed by atoms with Crippen LogP contribution in [0.5, 0.6) is 11.5 Å². The van der Waals surface area contributed by atoms with Crippen molar-refractivity contribution in [3.63, 3.8) is 0 Å². The van der Waals surface area contributed by atoms with Crippen molar-refractivity contribution in [2.45, 2.75) is 25.4 Å². The second-order valence-corrected chi connectivity index (χ2v) is 6.64. The van der Waals surface area contributed by atoms with E-state index in [2.05, 4.69) is 5.32 Å². The van der Waals surface area contributed by atoms with Gasteiger partial charge < -0.3 is 14.8 Å². The van der Waals surface area contributed by atoms with E-state index in [0.717, 1.165) is 10.5 Å². The Balaban J connectivity index is 1.52. The smallest absolute Gasteiger partial charge is 0.325 e. The Bertz CT molecular complexity index is 884. The molecule has 26 heavy (non-hydrogen) atoms. The maximum Gasteiger partial charge on any atom is 0.325 e. The quantitative estimate of drug-likeness (QED) is 0.855. The highest BCUT2D eigenvalue weighted by Gasteiger charge is 2.47. The van der Waals surface area contributed by atoms with Crippen LogP contribution >= 0.6 is 0 Å². The van der Waals surface area contributed by atoms with E-state index in [1.54, 1.807) is 25.1 Å². The molecule has 2 heterocycles. The molecule has 0 aliphatic carbocycles. The molecule has 4 rings (SSSR count). The Kier molecular flexibility index (Phi) is 3.79. The molecule has 7 heteroatoms. The average molecular weight is 356 g/mol. The Hall–Kier alpha value is -3.09. The summed E-state index contributed by atoms with van der Waals surface area (Å²) < 4.78 is 23.7. The summed E-state index contributed by atoms with van der Waals surface area (Å²) in [7, 11) is 0. The van der Waals surface area contributed by atoms with E-state index in [1.165, 1.54) is 12.1 Å². The summed E-state index contributed by atoms with van der Waals surface area (Å²) >= 11 is 0. The zero-order valence-electron chi connectivity index (χ0n) is 14.1. The van der Waals surface area contributed by atoms with Crippen molar-refractivity contribution in [2.24, 2.45) is 0 Å². The molecule has 0 bridgehead atoms. The van der Waals surface area contributed by atoms with Crippen molar-refractivity contribution >= 4 is 11.9 Å². The van der Waals surface area contributed by atoms with E-state index >= 15 is 0 Å². The standard InChI is InChI=1S/C19H17FN2O4/c1-19(9-13-4-7-15-16(8-13)26-11-25-15)17(23)22(18(24)21-19)10-12-2-5-14(20)6-3-12/h2-8H,9-11H2,1H3,(H,21,24). The molecule has 2 aromatic carbocycles. The first-order valence-corrected chi connectivity index (χ1v) is 8.22. The van der Waals surface area contributed by atoms with Gasteiger partial charge in [-0.2, -0.15) is 0 Å². The fourth-order valence-electron chi connectivity index (χ4n) is 3.24. The molecule has 6 nitrogen and oxygen atoms in total. The Morgan fingerprint density at radius 1 is 1.08 bits per heavy atom. The molecule has 3 amide bonds. The van der Waals surface area contributed by atoms with Crippen molar-refractivity contribution in [3.05, 3.63) is 59.4 Å². The Morgan fingerprint density at radius 3 is 2.54 bits per heavy atom. The topological polar surface area (TPSA) is 67.9 Å². The van der Waals surface area contributed by atoms with Crippen LogP contribution in [0.25, 0.3) is 0 Å². The summed E-state index contributed by atoms with van der Waals surface area (Å²) in [6, 6.07) is 10.7. The molecule has 1 atom stereocenters. The van der Waals surface area contributed by atoms with Crippen LogP contribution in [0.4, 0.5) is 9.18 Å². The molecule has 1 N–H and O–H groups in total. The minimum Gasteiger partial charge on any atom is -0.454 e. The van der Waals surface area contributed by atoms with Gasteiger partial charge in [0.1, 0.15) is 11.4 Å². The number of imide groups is 1. The molecule has 0 aromatic heterocycles. The molecule has 0 radical (unpaired) electrons. The lowest BCUT2D eigenvalue weighted by Crippen LogP contribution is -2.45. The van der Waals surface area contributed by atoms with E-state index in [9.17, 15) is 14.0 Å². The van der Waals surface area contributed by atoms with Crippen molar-refractivity contribution in [3.8, 4) is 11.5 Å². The number of hydrogen-bond donors (Lipinski definition) is 1. The first-order chi connectivity index (χ1) is 12.4. The van der Waals surface area contributed by atoms with Crippen LogP contribution in [-0.2, 0) is 17.8 Å². The van der Waals surface area contributed by atoms with Gasteiger partial charge in [-0.05, 0) is 42.3 Å². The van der Waals surface area contributed by atoms with Gasteiger partial charge in [-0.3, -0.25) is 9.69 Å². The van der Waals surface area contributed by atoms with Gasteiger partial charge in [0.25, 0.3) is 5.91 Å². The lowest BCUT2D eigenvalue weighted by atomic mass is 9.92. The van der Waals surface area contributed by atoms with Crippen LogP contribution in [0.1, 0.15) is 18.1 Å². The lowest BCUT2D eigenvalue weighted by molar-refractivity contribution is -0.131. The highest BCUT2D eigenvalue weighted by molar-refractivity contribution is 6.06. The monoisotopic (exact) mass is 356 g/mol. The molecule has 0 saturated carbocycles. The van der Waals surface area contributed by atoms with E-state index < -0.39 is 11.6 Å². The number of halogens is 1. The predicted molar refractivity (Wildman–Crippen MR) is 90.2 cm³/mol. The van der Waals surface area contributed by atoms with Gasteiger partial charge in [0, 0.05) is 6.42 Å². The zero-order chi connectivity index (χ0) is 18.3. The van der Waals surface area contributed by atoms with E-state index in [1.807, 2.05) is 12.1 Å². The largest absolute Gasteiger partial charge is 0.454 e. The maximum atomic E-state index is 13.0. The number of nitrogens with one attached hydrogen (secondary N) is 1. The number of nitrogens with zero attached hydrogens (tertiary/aromatic N) is 1. The second-order valence-electron chi connectivity index (χ2n) is 6.64. The number of benzene rings is 2. The zero-order valence-corrected chi connectivity index (χ0v) is 14.1. The van der Waals surface area contributed by atoms with Crippen LogP contribution in [0.2, 0.25) is 0 Å². The molecule has 1 saturated heterocycles. The number of ether oxygens (including phenoxy) is 2. The summed E-state index contributed by atoms with van der Waals surface area (Å²) in [5.74, 6) is 0.618. The highest BCUT2D eigenvalue weighted by atomic mass is 19.1. The fraction of sp³-hybridized carbons (Fsp3) is 0.263. The Labute approximate surface area is 149 Å². The molecule has 2 aliphatic heterocycles. The van der Waals surface area contributed by atoms with Gasteiger partial charge >= 0.3 is 6.03 Å². The van der Waals surface area contributed by atoms with E-state index in [4.69, 9.17) is 9.47 Å². The number of amides is 3. The third kappa shape index (κ3) is 2.85. The summed E-state index contributed by atoms with van der Waals surface area (Å²) in [6.45, 7) is 1.97. The number of hydrogen-bond acceptors (Lipinski definition) is 4. The lowest BCUT2D eigenvalue weighted by Gasteiger charge is -2.22. The molecule has 2 aromatic rings. The van der Waals surface area contributed by atoms with Gasteiger partial charge in [-0.1, -0.05) is 18.2 Å². The first kappa shape index (κ1) is 16.4. The Morgan fingerprint density at radius 2 is 1.77 bits per heavy atom. The van der Waals surface area contributed by atoms with Crippen molar-refractivity contribution < 1.29 is 23.5 Å². The summed E-state index contributed by atoms with van der Waals surface area (Å²) in [4.78, 5) is 26.3. The second kappa shape index (κ2) is 6.01. The summed E-state index contributed by atoms with van der Waals surface area (Å²) in [5, 5.41) is 2.77. The van der Waals surface area contributed by atoms with E-state index in [0.29, 0.717) is 23.5 Å². The highest BCUT2D eigenvalue weighted by Crippen LogP contribution is 2.34. The number of carbonyl (C=O) groups is 2. The number of rotatable bonds is 4. The number of carbonyl (C=O) groups excluding carboxylic acids is 2. The van der Waals surface area contributed by atoms with Crippen LogP contribution < -0.4 is 14.8 Å². The van der Waals surface area contributed by atoms with Crippen molar-refractivity contribution in [1.82, 2.24) is 10.2 Å². The SMILES string of the molecule is CC1(Cc2ccc3c(c2)OCO3)NC(=O)N(Cc2ccc(F)cc2)C1=O. The van der Waals surface area contributed by atoms with Gasteiger partial charge in [-0.15, -0.1) is 0 Å². The van der Waals surface area contributed by atoms with Gasteiger partial charge in [0.2, 0.25) is 6.79 Å². The molecular weight excluding hydrogens is 339 g/mol. The minimum absolute atomic E-state index is 0.0989. The normalized spacial score (nSPS) is 21.2. The predicted octanol–water partition coefficient (Wildman–Crippen LogP) is 2.61. The third-order valence-corrected chi connectivity index (χ3v) is 4.59. The molecule has 134 valence electrons. The van der Waals surface area contributed by atoms with Gasteiger partial charge in [0.05, 0.1) is 6.54 Å². The molecular formula is C19H17FN2O4. The van der Waals surface area contributed by atoms with Crippen LogP contribution in [-0.4, -0.2) is 29.2 Å². The van der Waals surface area contributed by atoms with Gasteiger partial charge in [0.15, 0.2) is 11.5 Å². The molecule has 0 spiro atoms. The molecule has 2 aliphatic rings. The summed E-state index contributed by atoms with van der Waals surface area (Å²) in [6.07, 6.45) is 0.328. The van der Waals surface area contributed by atoms with Crippen LogP contribution in [0.15, 0.2) is 42.5 Å². The van der Waals surface area contributed by atoms with Crippen molar-refractivity contribution in [2.75, 3.05) is 6.79 Å². The number of fused-ring (bicyclic) bond motifs is 1. The average Bonchev–Trinajstić information content (AvgIpc) is 3.15.